The topological polar surface area (TPSA) is 27.7 Å². The van der Waals surface area contributed by atoms with Crippen molar-refractivity contribution in [1.82, 2.24) is 0 Å². The molecule has 0 bridgehead atoms. The van der Waals surface area contributed by atoms with Crippen LogP contribution in [-0.2, 0) is 6.42 Å². The molecular formula is C19H32O3. The maximum Gasteiger partial charge on any atom is 0.168 e. The van der Waals surface area contributed by atoms with E-state index in [4.69, 9.17) is 14.2 Å². The van der Waals surface area contributed by atoms with Crippen molar-refractivity contribution in [2.75, 3.05) is 21.3 Å². The first kappa shape index (κ1) is 18.7. The number of unbranched alkanes of at least 4 members (excludes halogenated alkanes) is 4. The molecule has 0 aliphatic heterocycles. The molecular weight excluding hydrogens is 276 g/mol. The minimum Gasteiger partial charge on any atom is -0.496 e. The van der Waals surface area contributed by atoms with Crippen LogP contribution in [-0.4, -0.2) is 21.3 Å². The zero-order valence-corrected chi connectivity index (χ0v) is 15.1. The third kappa shape index (κ3) is 4.56. The Balaban J connectivity index is 3.06. The summed E-state index contributed by atoms with van der Waals surface area (Å²) in [5, 5.41) is 0. The van der Waals surface area contributed by atoms with E-state index in [0.29, 0.717) is 5.92 Å². The van der Waals surface area contributed by atoms with Gasteiger partial charge >= 0.3 is 0 Å². The van der Waals surface area contributed by atoms with E-state index in [2.05, 4.69) is 26.8 Å². The summed E-state index contributed by atoms with van der Waals surface area (Å²) in [5.41, 5.74) is 2.26. The molecule has 0 spiro atoms. The van der Waals surface area contributed by atoms with Crippen molar-refractivity contribution in [3.8, 4) is 17.2 Å². The summed E-state index contributed by atoms with van der Waals surface area (Å²) < 4.78 is 16.9. The summed E-state index contributed by atoms with van der Waals surface area (Å²) in [5.74, 6) is 2.90. The molecule has 0 N–H and O–H groups in total. The Kier molecular flexibility index (Phi) is 8.15. The molecule has 0 saturated heterocycles. The Morgan fingerprint density at radius 1 is 0.864 bits per heavy atom. The Bertz CT molecular complexity index is 452. The molecule has 3 heteroatoms. The number of hydrogen-bond donors (Lipinski definition) is 0. The molecule has 0 fully saturated rings. The third-order valence-corrected chi connectivity index (χ3v) is 4.07. The first-order valence-electron chi connectivity index (χ1n) is 8.42. The van der Waals surface area contributed by atoms with Crippen molar-refractivity contribution in [2.45, 2.75) is 65.2 Å². The lowest BCUT2D eigenvalue weighted by atomic mass is 9.95. The molecule has 0 atom stereocenters. The number of hydrogen-bond acceptors (Lipinski definition) is 3. The lowest BCUT2D eigenvalue weighted by molar-refractivity contribution is 0.338. The first-order valence-corrected chi connectivity index (χ1v) is 8.42. The van der Waals surface area contributed by atoms with E-state index in [-0.39, 0.29) is 0 Å². The molecule has 126 valence electrons. The highest BCUT2D eigenvalue weighted by Crippen LogP contribution is 2.44. The summed E-state index contributed by atoms with van der Waals surface area (Å²) in [7, 11) is 5.14. The number of methoxy groups -OCH3 is 3. The monoisotopic (exact) mass is 308 g/mol. The Morgan fingerprint density at radius 2 is 1.50 bits per heavy atom. The smallest absolute Gasteiger partial charge is 0.168 e. The van der Waals surface area contributed by atoms with Gasteiger partial charge in [0.15, 0.2) is 11.5 Å². The predicted molar refractivity (Wildman–Crippen MR) is 92.7 cm³/mol. The van der Waals surface area contributed by atoms with Gasteiger partial charge in [0.1, 0.15) is 5.75 Å². The van der Waals surface area contributed by atoms with Crippen LogP contribution in [0.4, 0.5) is 0 Å². The molecule has 3 nitrogen and oxygen atoms in total. The summed E-state index contributed by atoms with van der Waals surface area (Å²) in [4.78, 5) is 0. The van der Waals surface area contributed by atoms with Crippen molar-refractivity contribution in [3.05, 3.63) is 17.2 Å². The highest BCUT2D eigenvalue weighted by molar-refractivity contribution is 5.59. The maximum absolute atomic E-state index is 5.66. The second-order valence-corrected chi connectivity index (χ2v) is 6.04. The molecule has 0 aromatic heterocycles. The highest BCUT2D eigenvalue weighted by atomic mass is 16.5. The molecule has 0 radical (unpaired) electrons. The average molecular weight is 308 g/mol. The fourth-order valence-corrected chi connectivity index (χ4v) is 2.93. The Morgan fingerprint density at radius 3 is 2.00 bits per heavy atom. The van der Waals surface area contributed by atoms with Gasteiger partial charge in [-0.3, -0.25) is 0 Å². The zero-order chi connectivity index (χ0) is 16.5. The molecule has 22 heavy (non-hydrogen) atoms. The van der Waals surface area contributed by atoms with Crippen LogP contribution in [0.5, 0.6) is 17.2 Å². The van der Waals surface area contributed by atoms with Crippen LogP contribution < -0.4 is 14.2 Å². The van der Waals surface area contributed by atoms with E-state index in [1.165, 1.54) is 37.7 Å². The molecule has 0 unspecified atom stereocenters. The van der Waals surface area contributed by atoms with Crippen molar-refractivity contribution in [2.24, 2.45) is 0 Å². The van der Waals surface area contributed by atoms with Crippen molar-refractivity contribution in [1.29, 1.82) is 0 Å². The van der Waals surface area contributed by atoms with E-state index in [1.54, 1.807) is 21.3 Å². The molecule has 0 amide bonds. The summed E-state index contributed by atoms with van der Waals surface area (Å²) in [6.45, 7) is 6.53. The van der Waals surface area contributed by atoms with Gasteiger partial charge in [0.2, 0.25) is 0 Å². The Hall–Kier alpha value is -1.38. The van der Waals surface area contributed by atoms with Gasteiger partial charge < -0.3 is 14.2 Å². The molecule has 0 saturated carbocycles. The molecule has 0 aliphatic rings. The van der Waals surface area contributed by atoms with E-state index in [9.17, 15) is 0 Å². The summed E-state index contributed by atoms with van der Waals surface area (Å²) >= 11 is 0. The second kappa shape index (κ2) is 9.60. The minimum absolute atomic E-state index is 0.317. The van der Waals surface area contributed by atoms with Gasteiger partial charge in [-0.15, -0.1) is 0 Å². The van der Waals surface area contributed by atoms with Gasteiger partial charge in [-0.05, 0) is 24.8 Å². The summed E-state index contributed by atoms with van der Waals surface area (Å²) in [6.07, 6.45) is 7.32. The summed E-state index contributed by atoms with van der Waals surface area (Å²) in [6, 6.07) is 2.12. The van der Waals surface area contributed by atoms with Gasteiger partial charge in [-0.25, -0.2) is 0 Å². The van der Waals surface area contributed by atoms with Gasteiger partial charge in [0.05, 0.1) is 21.3 Å². The number of benzene rings is 1. The van der Waals surface area contributed by atoms with Crippen LogP contribution in [0.2, 0.25) is 0 Å². The maximum atomic E-state index is 5.66. The van der Waals surface area contributed by atoms with E-state index >= 15 is 0 Å². The van der Waals surface area contributed by atoms with Crippen LogP contribution in [0.25, 0.3) is 0 Å². The lowest BCUT2D eigenvalue weighted by Crippen LogP contribution is -2.04. The van der Waals surface area contributed by atoms with Crippen LogP contribution >= 0.6 is 0 Å². The predicted octanol–water partition coefficient (Wildman–Crippen LogP) is 5.35. The highest BCUT2D eigenvalue weighted by Gasteiger charge is 2.22. The lowest BCUT2D eigenvalue weighted by Gasteiger charge is -2.21. The standard InChI is InChI=1S/C19H32O3/c1-7-8-9-10-11-12-15-13-16(20-4)17(14(2)3)19(22-6)18(15)21-5/h13-14H,7-12H2,1-6H3. The number of aryl methyl sites for hydroxylation is 1. The quantitative estimate of drug-likeness (QED) is 0.545. The SMILES string of the molecule is CCCCCCCc1cc(OC)c(C(C)C)c(OC)c1OC. The van der Waals surface area contributed by atoms with Crippen LogP contribution in [0.15, 0.2) is 6.07 Å². The zero-order valence-electron chi connectivity index (χ0n) is 15.1. The van der Waals surface area contributed by atoms with Crippen molar-refractivity contribution < 1.29 is 14.2 Å². The number of rotatable bonds is 10. The second-order valence-electron chi connectivity index (χ2n) is 6.04. The van der Waals surface area contributed by atoms with Gasteiger partial charge in [0.25, 0.3) is 0 Å². The molecule has 0 heterocycles. The minimum atomic E-state index is 0.317. The van der Waals surface area contributed by atoms with Gasteiger partial charge in [-0.1, -0.05) is 46.5 Å². The van der Waals surface area contributed by atoms with Crippen molar-refractivity contribution >= 4 is 0 Å². The van der Waals surface area contributed by atoms with Crippen LogP contribution in [0, 0.1) is 0 Å². The molecule has 0 aliphatic carbocycles. The first-order chi connectivity index (χ1) is 10.6. The average Bonchev–Trinajstić information content (AvgIpc) is 2.52. The van der Waals surface area contributed by atoms with Crippen LogP contribution in [0.3, 0.4) is 0 Å². The molecule has 1 aromatic rings. The molecule has 1 aromatic carbocycles. The Labute approximate surface area is 136 Å². The molecule has 1 rings (SSSR count). The largest absolute Gasteiger partial charge is 0.496 e. The fraction of sp³-hybridized carbons (Fsp3) is 0.684. The van der Waals surface area contributed by atoms with Crippen LogP contribution in [0.1, 0.15) is 69.9 Å². The van der Waals surface area contributed by atoms with E-state index in [1.807, 2.05) is 0 Å². The van der Waals surface area contributed by atoms with E-state index < -0.39 is 0 Å². The van der Waals surface area contributed by atoms with E-state index in [0.717, 1.165) is 29.2 Å². The normalized spacial score (nSPS) is 10.9. The van der Waals surface area contributed by atoms with Crippen molar-refractivity contribution in [3.63, 3.8) is 0 Å². The fourth-order valence-electron chi connectivity index (χ4n) is 2.93. The number of ether oxygens (including phenoxy) is 3. The third-order valence-electron chi connectivity index (χ3n) is 4.07. The van der Waals surface area contributed by atoms with Gasteiger partial charge in [-0.2, -0.15) is 0 Å². The van der Waals surface area contributed by atoms with Gasteiger partial charge in [0, 0.05) is 11.1 Å².